The monoisotopic (exact) mass is 262 g/mol. The summed E-state index contributed by atoms with van der Waals surface area (Å²) < 4.78 is 5.03. The first-order valence-electron chi connectivity index (χ1n) is 6.93. The third kappa shape index (κ3) is 2.83. The van der Waals surface area contributed by atoms with Crippen LogP contribution >= 0.6 is 0 Å². The van der Waals surface area contributed by atoms with Crippen LogP contribution in [-0.2, 0) is 4.74 Å². The molecule has 0 atom stereocenters. The summed E-state index contributed by atoms with van der Waals surface area (Å²) >= 11 is 0. The summed E-state index contributed by atoms with van der Waals surface area (Å²) in [6.45, 7) is 2.16. The Kier molecular flexibility index (Phi) is 4.30. The third-order valence-electron chi connectivity index (χ3n) is 3.83. The Balaban J connectivity index is 2.25. The smallest absolute Gasteiger partial charge is 0.340 e. The summed E-state index contributed by atoms with van der Waals surface area (Å²) in [5, 5.41) is 0. The standard InChI is InChI=1S/C15H22N2O2/c1-3-19-15(18)12-9-6-10-13(14(12)16)17(2)11-7-4-5-8-11/h6,9-11H,3-5,7-8,16H2,1-2H3. The predicted molar refractivity (Wildman–Crippen MR) is 77.5 cm³/mol. The summed E-state index contributed by atoms with van der Waals surface area (Å²) in [7, 11) is 2.05. The van der Waals surface area contributed by atoms with Gasteiger partial charge in [0.05, 0.1) is 23.5 Å². The molecule has 2 N–H and O–H groups in total. The number of hydrogen-bond donors (Lipinski definition) is 1. The minimum Gasteiger partial charge on any atom is -0.462 e. The molecule has 0 unspecified atom stereocenters. The molecule has 1 saturated carbocycles. The van der Waals surface area contributed by atoms with E-state index in [0.717, 1.165) is 5.69 Å². The van der Waals surface area contributed by atoms with Crippen LogP contribution in [0, 0.1) is 0 Å². The van der Waals surface area contributed by atoms with E-state index >= 15 is 0 Å². The topological polar surface area (TPSA) is 55.6 Å². The highest BCUT2D eigenvalue weighted by Gasteiger charge is 2.23. The second kappa shape index (κ2) is 5.95. The summed E-state index contributed by atoms with van der Waals surface area (Å²) in [4.78, 5) is 14.0. The molecule has 0 radical (unpaired) electrons. The fraction of sp³-hybridized carbons (Fsp3) is 0.533. The number of hydrogen-bond acceptors (Lipinski definition) is 4. The van der Waals surface area contributed by atoms with Crippen molar-refractivity contribution in [2.24, 2.45) is 0 Å². The second-order valence-electron chi connectivity index (χ2n) is 5.01. The molecule has 0 spiro atoms. The molecular weight excluding hydrogens is 240 g/mol. The van der Waals surface area contributed by atoms with Gasteiger partial charge in [0.1, 0.15) is 0 Å². The van der Waals surface area contributed by atoms with Gasteiger partial charge in [-0.1, -0.05) is 18.9 Å². The molecule has 104 valence electrons. The Morgan fingerprint density at radius 2 is 2.11 bits per heavy atom. The van der Waals surface area contributed by atoms with E-state index in [-0.39, 0.29) is 5.97 Å². The van der Waals surface area contributed by atoms with Gasteiger partial charge in [-0.2, -0.15) is 0 Å². The maximum Gasteiger partial charge on any atom is 0.340 e. The van der Waals surface area contributed by atoms with Crippen LogP contribution in [0.4, 0.5) is 11.4 Å². The van der Waals surface area contributed by atoms with E-state index in [0.29, 0.717) is 23.9 Å². The van der Waals surface area contributed by atoms with Crippen LogP contribution in [0.15, 0.2) is 18.2 Å². The number of benzene rings is 1. The lowest BCUT2D eigenvalue weighted by molar-refractivity contribution is 0.0527. The van der Waals surface area contributed by atoms with Gasteiger partial charge in [-0.15, -0.1) is 0 Å². The number of ether oxygens (including phenoxy) is 1. The first kappa shape index (κ1) is 13.7. The van der Waals surface area contributed by atoms with Gasteiger partial charge in [0.2, 0.25) is 0 Å². The molecule has 0 aromatic heterocycles. The lowest BCUT2D eigenvalue weighted by Gasteiger charge is -2.28. The minimum atomic E-state index is -0.346. The molecule has 0 bridgehead atoms. The number of nitrogen functional groups attached to an aromatic ring is 1. The van der Waals surface area contributed by atoms with E-state index in [9.17, 15) is 4.79 Å². The molecule has 0 amide bonds. The van der Waals surface area contributed by atoms with E-state index in [4.69, 9.17) is 10.5 Å². The van der Waals surface area contributed by atoms with Gasteiger partial charge in [-0.05, 0) is 31.9 Å². The Bertz CT molecular complexity index is 453. The first-order valence-corrected chi connectivity index (χ1v) is 6.93. The molecular formula is C15H22N2O2. The summed E-state index contributed by atoms with van der Waals surface area (Å²) in [6.07, 6.45) is 4.93. The van der Waals surface area contributed by atoms with Crippen molar-refractivity contribution in [3.63, 3.8) is 0 Å². The number of anilines is 2. The molecule has 1 aliphatic carbocycles. The van der Waals surface area contributed by atoms with E-state index in [1.54, 1.807) is 13.0 Å². The average Bonchev–Trinajstić information content (AvgIpc) is 2.92. The molecule has 0 heterocycles. The van der Waals surface area contributed by atoms with Gasteiger partial charge in [0.15, 0.2) is 0 Å². The normalized spacial score (nSPS) is 15.5. The van der Waals surface area contributed by atoms with Gasteiger partial charge in [0.25, 0.3) is 0 Å². The number of nitrogens with two attached hydrogens (primary N) is 1. The third-order valence-corrected chi connectivity index (χ3v) is 3.83. The Labute approximate surface area is 114 Å². The quantitative estimate of drug-likeness (QED) is 0.669. The molecule has 1 aromatic carbocycles. The maximum absolute atomic E-state index is 11.8. The molecule has 1 fully saturated rings. The Morgan fingerprint density at radius 1 is 1.42 bits per heavy atom. The molecule has 4 nitrogen and oxygen atoms in total. The second-order valence-corrected chi connectivity index (χ2v) is 5.01. The van der Waals surface area contributed by atoms with Gasteiger partial charge in [-0.3, -0.25) is 0 Å². The van der Waals surface area contributed by atoms with Crippen LogP contribution in [0.2, 0.25) is 0 Å². The zero-order valence-electron chi connectivity index (χ0n) is 11.7. The molecule has 2 rings (SSSR count). The Morgan fingerprint density at radius 3 is 2.74 bits per heavy atom. The highest BCUT2D eigenvalue weighted by Crippen LogP contribution is 2.32. The van der Waals surface area contributed by atoms with Gasteiger partial charge < -0.3 is 15.4 Å². The molecule has 0 saturated heterocycles. The summed E-state index contributed by atoms with van der Waals surface area (Å²) in [6, 6.07) is 6.08. The number of carbonyl (C=O) groups excluding carboxylic acids is 1. The van der Waals surface area contributed by atoms with Crippen LogP contribution in [-0.4, -0.2) is 25.7 Å². The van der Waals surface area contributed by atoms with Crippen molar-refractivity contribution < 1.29 is 9.53 Å². The lowest BCUT2D eigenvalue weighted by Crippen LogP contribution is -2.29. The highest BCUT2D eigenvalue weighted by atomic mass is 16.5. The SMILES string of the molecule is CCOC(=O)c1cccc(N(C)C2CCCC2)c1N. The van der Waals surface area contributed by atoms with Crippen LogP contribution < -0.4 is 10.6 Å². The number of para-hydroxylation sites is 1. The van der Waals surface area contributed by atoms with Gasteiger partial charge >= 0.3 is 5.97 Å². The Hall–Kier alpha value is -1.71. The average molecular weight is 262 g/mol. The maximum atomic E-state index is 11.8. The molecule has 1 aromatic rings. The first-order chi connectivity index (χ1) is 9.15. The van der Waals surface area contributed by atoms with Gasteiger partial charge in [-0.25, -0.2) is 4.79 Å². The zero-order valence-corrected chi connectivity index (χ0v) is 11.7. The van der Waals surface area contributed by atoms with Crippen molar-refractivity contribution in [3.8, 4) is 0 Å². The number of carbonyl (C=O) groups is 1. The van der Waals surface area contributed by atoms with Crippen LogP contribution in [0.25, 0.3) is 0 Å². The molecule has 4 heteroatoms. The highest BCUT2D eigenvalue weighted by molar-refractivity contribution is 5.98. The van der Waals surface area contributed by atoms with E-state index < -0.39 is 0 Å². The van der Waals surface area contributed by atoms with E-state index in [1.807, 2.05) is 12.1 Å². The van der Waals surface area contributed by atoms with Crippen molar-refractivity contribution in [1.82, 2.24) is 0 Å². The molecule has 0 aliphatic heterocycles. The van der Waals surface area contributed by atoms with Crippen molar-refractivity contribution in [3.05, 3.63) is 23.8 Å². The van der Waals surface area contributed by atoms with E-state index in [2.05, 4.69) is 11.9 Å². The van der Waals surface area contributed by atoms with Crippen molar-refractivity contribution in [1.29, 1.82) is 0 Å². The van der Waals surface area contributed by atoms with Crippen molar-refractivity contribution in [2.75, 3.05) is 24.3 Å². The predicted octanol–water partition coefficient (Wildman–Crippen LogP) is 2.82. The fourth-order valence-electron chi connectivity index (χ4n) is 2.74. The van der Waals surface area contributed by atoms with Gasteiger partial charge in [0, 0.05) is 13.1 Å². The summed E-state index contributed by atoms with van der Waals surface area (Å²) in [5.74, 6) is -0.346. The van der Waals surface area contributed by atoms with E-state index in [1.165, 1.54) is 25.7 Å². The van der Waals surface area contributed by atoms with Crippen molar-refractivity contribution >= 4 is 17.3 Å². The van der Waals surface area contributed by atoms with Crippen LogP contribution in [0.1, 0.15) is 43.0 Å². The van der Waals surface area contributed by atoms with Crippen molar-refractivity contribution in [2.45, 2.75) is 38.6 Å². The lowest BCUT2D eigenvalue weighted by atomic mass is 10.1. The van der Waals surface area contributed by atoms with Crippen LogP contribution in [0.3, 0.4) is 0 Å². The van der Waals surface area contributed by atoms with Crippen LogP contribution in [0.5, 0.6) is 0 Å². The largest absolute Gasteiger partial charge is 0.462 e. The number of rotatable bonds is 4. The number of nitrogens with zero attached hydrogens (tertiary/aromatic N) is 1. The zero-order chi connectivity index (χ0) is 13.8. The number of esters is 1. The molecule has 19 heavy (non-hydrogen) atoms. The minimum absolute atomic E-state index is 0.346. The summed E-state index contributed by atoms with van der Waals surface area (Å²) in [5.41, 5.74) is 8.05. The fourth-order valence-corrected chi connectivity index (χ4v) is 2.74. The molecule has 1 aliphatic rings.